The summed E-state index contributed by atoms with van der Waals surface area (Å²) in [6.45, 7) is 1.70. The molecule has 2 heterocycles. The number of hydrogen-bond donors (Lipinski definition) is 3. The van der Waals surface area contributed by atoms with Crippen molar-refractivity contribution in [3.05, 3.63) is 24.0 Å². The zero-order chi connectivity index (χ0) is 24.0. The quantitative estimate of drug-likeness (QED) is 0.270. The molecule has 176 valence electrons. The van der Waals surface area contributed by atoms with Gasteiger partial charge < -0.3 is 39.8 Å². The van der Waals surface area contributed by atoms with Crippen LogP contribution >= 0.6 is 0 Å². The Kier molecular flexibility index (Phi) is 8.32. The number of rotatable bonds is 9. The minimum atomic E-state index is -1.91. The number of nitrogens with zero attached hydrogens (tertiary/aromatic N) is 1. The second kappa shape index (κ2) is 10.7. The predicted molar refractivity (Wildman–Crippen MR) is 102 cm³/mol. The maximum atomic E-state index is 11.9. The number of aliphatic carboxylic acids is 1. The third-order valence-electron chi connectivity index (χ3n) is 4.45. The summed E-state index contributed by atoms with van der Waals surface area (Å²) < 4.78 is 21.3. The van der Waals surface area contributed by atoms with Crippen molar-refractivity contribution in [2.45, 2.75) is 57.3 Å². The van der Waals surface area contributed by atoms with E-state index in [1.807, 2.05) is 0 Å². The van der Waals surface area contributed by atoms with Crippen molar-refractivity contribution in [1.29, 1.82) is 0 Å². The monoisotopic (exact) mass is 456 g/mol. The molecule has 0 spiro atoms. The Balaban J connectivity index is 2.25. The fourth-order valence-electron chi connectivity index (χ4n) is 3.14. The minimum absolute atomic E-state index is 0.244. The molecule has 5 atom stereocenters. The van der Waals surface area contributed by atoms with Gasteiger partial charge in [0.2, 0.25) is 5.91 Å². The number of aliphatic hydroxyl groups excluding tert-OH is 1. The van der Waals surface area contributed by atoms with Gasteiger partial charge in [-0.3, -0.25) is 19.2 Å². The predicted octanol–water partition coefficient (Wildman–Crippen LogP) is -1.46. The number of allylic oxidation sites excluding steroid dienone is 1. The molecule has 1 fully saturated rings. The lowest BCUT2D eigenvalue weighted by Crippen LogP contribution is -2.45. The molecule has 0 aliphatic carbocycles. The lowest BCUT2D eigenvalue weighted by Gasteiger charge is -2.30. The van der Waals surface area contributed by atoms with E-state index in [9.17, 15) is 29.1 Å². The van der Waals surface area contributed by atoms with Gasteiger partial charge in [0.15, 0.2) is 24.5 Å². The SMILES string of the molecule is CC(=O)O[C@@H]1[C@H](OC(C)=O)C(COC(=O)[C@@H](O)CC(=O)O)O[C@H]1N1C=CCC(C(N)=O)=C1. The van der Waals surface area contributed by atoms with E-state index in [1.165, 1.54) is 11.1 Å². The van der Waals surface area contributed by atoms with Gasteiger partial charge in [-0.15, -0.1) is 0 Å². The van der Waals surface area contributed by atoms with E-state index < -0.39 is 73.5 Å². The van der Waals surface area contributed by atoms with Crippen LogP contribution < -0.4 is 5.73 Å². The Hall–Kier alpha value is -3.45. The first-order chi connectivity index (χ1) is 15.0. The van der Waals surface area contributed by atoms with Crippen LogP contribution in [0.5, 0.6) is 0 Å². The lowest BCUT2D eigenvalue weighted by atomic mass is 10.1. The third-order valence-corrected chi connectivity index (χ3v) is 4.45. The zero-order valence-electron chi connectivity index (χ0n) is 17.3. The molecule has 1 amide bonds. The van der Waals surface area contributed by atoms with Crippen molar-refractivity contribution < 1.29 is 53.1 Å². The highest BCUT2D eigenvalue weighted by atomic mass is 16.7. The highest BCUT2D eigenvalue weighted by molar-refractivity contribution is 5.92. The van der Waals surface area contributed by atoms with E-state index in [0.29, 0.717) is 0 Å². The number of carboxylic acid groups (broad SMARTS) is 1. The summed E-state index contributed by atoms with van der Waals surface area (Å²) in [6, 6.07) is 0. The summed E-state index contributed by atoms with van der Waals surface area (Å²) >= 11 is 0. The first-order valence-corrected chi connectivity index (χ1v) is 9.50. The Bertz CT molecular complexity index is 837. The fraction of sp³-hybridized carbons (Fsp3) is 0.526. The number of carboxylic acids is 1. The molecule has 0 saturated carbocycles. The average Bonchev–Trinajstić information content (AvgIpc) is 3.01. The van der Waals surface area contributed by atoms with Crippen LogP contribution in [0.25, 0.3) is 0 Å². The summed E-state index contributed by atoms with van der Waals surface area (Å²) in [5, 5.41) is 18.2. The molecule has 0 aromatic heterocycles. The number of ether oxygens (including phenoxy) is 4. The van der Waals surface area contributed by atoms with Gasteiger partial charge in [-0.25, -0.2) is 4.79 Å². The Morgan fingerprint density at radius 2 is 1.81 bits per heavy atom. The Morgan fingerprint density at radius 1 is 1.19 bits per heavy atom. The smallest absolute Gasteiger partial charge is 0.335 e. The number of aliphatic hydroxyl groups is 1. The number of carbonyl (C=O) groups is 5. The molecule has 0 aromatic rings. The van der Waals surface area contributed by atoms with Crippen LogP contribution in [-0.4, -0.2) is 82.1 Å². The van der Waals surface area contributed by atoms with Crippen LogP contribution in [0.4, 0.5) is 0 Å². The second-order valence-corrected chi connectivity index (χ2v) is 7.01. The molecule has 13 heteroatoms. The molecule has 4 N–H and O–H groups in total. The average molecular weight is 456 g/mol. The molecule has 0 aromatic carbocycles. The van der Waals surface area contributed by atoms with Crippen LogP contribution in [-0.2, 0) is 42.9 Å². The van der Waals surface area contributed by atoms with E-state index in [1.54, 1.807) is 12.3 Å². The maximum absolute atomic E-state index is 11.9. The number of carbonyl (C=O) groups excluding carboxylic acids is 4. The van der Waals surface area contributed by atoms with Crippen LogP contribution in [0, 0.1) is 0 Å². The molecular weight excluding hydrogens is 432 g/mol. The van der Waals surface area contributed by atoms with Gasteiger partial charge in [0.1, 0.15) is 12.7 Å². The standard InChI is InChI=1S/C19H24N2O11/c1-9(22)30-15-13(8-29-19(28)12(24)6-14(25)26)32-18(16(15)31-10(2)23)21-5-3-4-11(7-21)17(20)27/h3,5,7,12-13,15-16,18,24H,4,6,8H2,1-2H3,(H2,20,27)(H,25,26)/t12-,13?,15+,16+,18+/m0/s1. The summed E-state index contributed by atoms with van der Waals surface area (Å²) in [6.07, 6.45) is -2.58. The number of esters is 3. The molecule has 1 saturated heterocycles. The van der Waals surface area contributed by atoms with Crippen molar-refractivity contribution in [2.75, 3.05) is 6.61 Å². The summed E-state index contributed by atoms with van der Waals surface area (Å²) in [7, 11) is 0. The van der Waals surface area contributed by atoms with Gasteiger partial charge in [0.05, 0.1) is 6.42 Å². The topological polar surface area (TPSA) is 192 Å². The number of amides is 1. The van der Waals surface area contributed by atoms with Crippen LogP contribution in [0.3, 0.4) is 0 Å². The zero-order valence-corrected chi connectivity index (χ0v) is 17.3. The maximum Gasteiger partial charge on any atom is 0.335 e. The first-order valence-electron chi connectivity index (χ1n) is 9.50. The fourth-order valence-corrected chi connectivity index (χ4v) is 3.14. The first kappa shape index (κ1) is 24.8. The highest BCUT2D eigenvalue weighted by Crippen LogP contribution is 2.32. The van der Waals surface area contributed by atoms with Crippen molar-refractivity contribution in [3.63, 3.8) is 0 Å². The van der Waals surface area contributed by atoms with Crippen molar-refractivity contribution in [2.24, 2.45) is 5.73 Å². The molecule has 32 heavy (non-hydrogen) atoms. The van der Waals surface area contributed by atoms with Crippen LogP contribution in [0.1, 0.15) is 26.7 Å². The molecule has 2 aliphatic heterocycles. The second-order valence-electron chi connectivity index (χ2n) is 7.01. The van der Waals surface area contributed by atoms with Gasteiger partial charge >= 0.3 is 23.9 Å². The largest absolute Gasteiger partial charge is 0.481 e. The Labute approximate surface area is 182 Å². The van der Waals surface area contributed by atoms with Gasteiger partial charge in [0.25, 0.3) is 0 Å². The minimum Gasteiger partial charge on any atom is -0.481 e. The van der Waals surface area contributed by atoms with Gasteiger partial charge in [0, 0.05) is 31.8 Å². The van der Waals surface area contributed by atoms with Crippen molar-refractivity contribution in [1.82, 2.24) is 4.90 Å². The van der Waals surface area contributed by atoms with Crippen LogP contribution in [0.2, 0.25) is 0 Å². The number of primary amides is 1. The molecule has 2 rings (SSSR count). The summed E-state index contributed by atoms with van der Waals surface area (Å²) in [5.74, 6) is -4.75. The van der Waals surface area contributed by atoms with Crippen LogP contribution in [0.15, 0.2) is 24.0 Å². The third kappa shape index (κ3) is 6.52. The summed E-state index contributed by atoms with van der Waals surface area (Å²) in [4.78, 5) is 58.7. The van der Waals surface area contributed by atoms with Gasteiger partial charge in [-0.1, -0.05) is 6.08 Å². The van der Waals surface area contributed by atoms with E-state index in [2.05, 4.69) is 0 Å². The number of hydrogen-bond acceptors (Lipinski definition) is 11. The molecule has 0 radical (unpaired) electrons. The van der Waals surface area contributed by atoms with Crippen molar-refractivity contribution in [3.8, 4) is 0 Å². The normalized spacial score (nSPS) is 25.5. The highest BCUT2D eigenvalue weighted by Gasteiger charge is 2.51. The lowest BCUT2D eigenvalue weighted by molar-refractivity contribution is -0.168. The number of nitrogens with two attached hydrogens (primary N) is 1. The van der Waals surface area contributed by atoms with E-state index in [0.717, 1.165) is 13.8 Å². The van der Waals surface area contributed by atoms with Gasteiger partial charge in [-0.05, 0) is 6.42 Å². The van der Waals surface area contributed by atoms with E-state index in [-0.39, 0.29) is 12.0 Å². The molecular formula is C19H24N2O11. The van der Waals surface area contributed by atoms with Gasteiger partial charge in [-0.2, -0.15) is 0 Å². The molecule has 2 aliphatic rings. The van der Waals surface area contributed by atoms with E-state index in [4.69, 9.17) is 29.8 Å². The molecule has 1 unspecified atom stereocenters. The molecule has 0 bridgehead atoms. The Morgan fingerprint density at radius 3 is 2.38 bits per heavy atom. The van der Waals surface area contributed by atoms with E-state index >= 15 is 0 Å². The summed E-state index contributed by atoms with van der Waals surface area (Å²) in [5.41, 5.74) is 5.57. The molecule has 13 nitrogen and oxygen atoms in total. The van der Waals surface area contributed by atoms with Crippen molar-refractivity contribution >= 4 is 29.8 Å².